The van der Waals surface area contributed by atoms with Crippen LogP contribution in [0.2, 0.25) is 0 Å². The number of carbonyl (C=O) groups excluding carboxylic acids is 1. The minimum Gasteiger partial charge on any atom is -0.479 e. The Hall–Kier alpha value is -1.95. The van der Waals surface area contributed by atoms with Gasteiger partial charge < -0.3 is 9.64 Å². The number of carbonyl (C=O) groups is 1. The van der Waals surface area contributed by atoms with E-state index in [1.807, 2.05) is 24.3 Å². The van der Waals surface area contributed by atoms with Crippen molar-refractivity contribution in [1.82, 2.24) is 0 Å². The first-order valence-corrected chi connectivity index (χ1v) is 5.24. The van der Waals surface area contributed by atoms with Crippen molar-refractivity contribution in [3.8, 4) is 18.1 Å². The van der Waals surface area contributed by atoms with Crippen LogP contribution < -0.4 is 9.64 Å². The number of terminal acetylenes is 1. The minimum atomic E-state index is -0.437. The highest BCUT2D eigenvalue weighted by Gasteiger charge is 2.30. The number of rotatable bonds is 2. The van der Waals surface area contributed by atoms with E-state index < -0.39 is 6.10 Å². The summed E-state index contributed by atoms with van der Waals surface area (Å²) in [6.07, 6.45) is 5.34. The van der Waals surface area contributed by atoms with Crippen LogP contribution in [0.25, 0.3) is 0 Å². The molecule has 0 N–H and O–H groups in total. The average molecular weight is 215 g/mol. The fourth-order valence-corrected chi connectivity index (χ4v) is 1.77. The molecule has 0 bridgehead atoms. The number of nitrogens with zero attached hydrogens (tertiary/aromatic N) is 1. The number of ether oxygens (including phenoxy) is 1. The molecule has 0 radical (unpaired) electrons. The highest BCUT2D eigenvalue weighted by molar-refractivity contribution is 5.99. The summed E-state index contributed by atoms with van der Waals surface area (Å²) in [7, 11) is 0. The number of hydrogen-bond acceptors (Lipinski definition) is 2. The first-order chi connectivity index (χ1) is 7.74. The molecule has 1 atom stereocenters. The topological polar surface area (TPSA) is 29.5 Å². The second-order valence-corrected chi connectivity index (χ2v) is 3.67. The molecule has 1 aromatic carbocycles. The van der Waals surface area contributed by atoms with Crippen molar-refractivity contribution < 1.29 is 9.53 Å². The average Bonchev–Trinajstić information content (AvgIpc) is 2.30. The van der Waals surface area contributed by atoms with E-state index in [-0.39, 0.29) is 5.91 Å². The summed E-state index contributed by atoms with van der Waals surface area (Å²) in [6, 6.07) is 7.51. The second kappa shape index (κ2) is 4.28. The van der Waals surface area contributed by atoms with Crippen LogP contribution in [-0.2, 0) is 4.79 Å². The summed E-state index contributed by atoms with van der Waals surface area (Å²) in [4.78, 5) is 13.6. The Morgan fingerprint density at radius 1 is 1.50 bits per heavy atom. The first kappa shape index (κ1) is 10.6. The van der Waals surface area contributed by atoms with Crippen LogP contribution in [0.1, 0.15) is 13.3 Å². The zero-order valence-corrected chi connectivity index (χ0v) is 9.14. The molecule has 1 aliphatic rings. The lowest BCUT2D eigenvalue weighted by atomic mass is 10.2. The van der Waals surface area contributed by atoms with Gasteiger partial charge in [0, 0.05) is 13.0 Å². The van der Waals surface area contributed by atoms with E-state index in [1.54, 1.807) is 11.8 Å². The highest BCUT2D eigenvalue weighted by Crippen LogP contribution is 2.33. The molecule has 3 nitrogen and oxygen atoms in total. The van der Waals surface area contributed by atoms with Gasteiger partial charge in [0.15, 0.2) is 6.10 Å². The van der Waals surface area contributed by atoms with Gasteiger partial charge in [0.05, 0.1) is 5.69 Å². The van der Waals surface area contributed by atoms with E-state index >= 15 is 0 Å². The summed E-state index contributed by atoms with van der Waals surface area (Å²) in [5.74, 6) is 3.26. The van der Waals surface area contributed by atoms with Crippen LogP contribution >= 0.6 is 0 Å². The molecular formula is C13H13NO2. The Morgan fingerprint density at radius 2 is 2.25 bits per heavy atom. The maximum Gasteiger partial charge on any atom is 0.267 e. The molecule has 0 spiro atoms. The standard InChI is InChI=1S/C13H13NO2/c1-3-4-9-14-11-7-5-6-8-12(11)16-10(2)13(14)15/h1,5-8,10H,4,9H2,2H3. The van der Waals surface area contributed by atoms with E-state index in [2.05, 4.69) is 5.92 Å². The zero-order valence-electron chi connectivity index (χ0n) is 9.14. The maximum atomic E-state index is 11.9. The fraction of sp³-hybridized carbons (Fsp3) is 0.308. The Bertz CT molecular complexity index is 447. The largest absolute Gasteiger partial charge is 0.479 e. The number of hydrogen-bond donors (Lipinski definition) is 0. The molecule has 0 aromatic heterocycles. The van der Waals surface area contributed by atoms with Gasteiger partial charge in [-0.15, -0.1) is 12.3 Å². The summed E-state index contributed by atoms with van der Waals surface area (Å²) < 4.78 is 5.51. The lowest BCUT2D eigenvalue weighted by molar-refractivity contribution is -0.125. The number of amides is 1. The Labute approximate surface area is 95.0 Å². The van der Waals surface area contributed by atoms with Gasteiger partial charge in [-0.2, -0.15) is 0 Å². The quantitative estimate of drug-likeness (QED) is 0.704. The van der Waals surface area contributed by atoms with Gasteiger partial charge in [-0.1, -0.05) is 12.1 Å². The number of fused-ring (bicyclic) bond motifs is 1. The van der Waals surface area contributed by atoms with Gasteiger partial charge >= 0.3 is 0 Å². The second-order valence-electron chi connectivity index (χ2n) is 3.67. The monoisotopic (exact) mass is 215 g/mol. The van der Waals surface area contributed by atoms with Crippen molar-refractivity contribution in [3.63, 3.8) is 0 Å². The maximum absolute atomic E-state index is 11.9. The van der Waals surface area contributed by atoms with Crippen molar-refractivity contribution in [2.24, 2.45) is 0 Å². The van der Waals surface area contributed by atoms with Crippen molar-refractivity contribution in [2.75, 3.05) is 11.4 Å². The molecule has 0 aliphatic carbocycles. The van der Waals surface area contributed by atoms with Crippen LogP contribution in [-0.4, -0.2) is 18.6 Å². The highest BCUT2D eigenvalue weighted by atomic mass is 16.5. The normalized spacial score (nSPS) is 18.6. The van der Waals surface area contributed by atoms with Crippen LogP contribution in [0.3, 0.4) is 0 Å². The van der Waals surface area contributed by atoms with E-state index in [0.29, 0.717) is 13.0 Å². The predicted molar refractivity (Wildman–Crippen MR) is 62.3 cm³/mol. The van der Waals surface area contributed by atoms with Crippen molar-refractivity contribution in [3.05, 3.63) is 24.3 Å². The van der Waals surface area contributed by atoms with Crippen molar-refractivity contribution in [1.29, 1.82) is 0 Å². The molecule has 3 heteroatoms. The molecule has 0 saturated heterocycles. The molecule has 1 amide bonds. The van der Waals surface area contributed by atoms with Gasteiger partial charge in [-0.25, -0.2) is 0 Å². The first-order valence-electron chi connectivity index (χ1n) is 5.24. The van der Waals surface area contributed by atoms with Crippen molar-refractivity contribution in [2.45, 2.75) is 19.4 Å². The third-order valence-electron chi connectivity index (χ3n) is 2.55. The molecule has 1 unspecified atom stereocenters. The number of benzene rings is 1. The summed E-state index contributed by atoms with van der Waals surface area (Å²) in [5.41, 5.74) is 0.806. The van der Waals surface area contributed by atoms with Crippen LogP contribution in [0, 0.1) is 12.3 Å². The van der Waals surface area contributed by atoms with Gasteiger partial charge in [-0.3, -0.25) is 4.79 Å². The molecule has 82 valence electrons. The Morgan fingerprint density at radius 3 is 3.00 bits per heavy atom. The molecular weight excluding hydrogens is 202 g/mol. The molecule has 0 saturated carbocycles. The SMILES string of the molecule is C#CCCN1C(=O)C(C)Oc2ccccc21. The van der Waals surface area contributed by atoms with Gasteiger partial charge in [0.25, 0.3) is 5.91 Å². The van der Waals surface area contributed by atoms with Crippen LogP contribution in [0.15, 0.2) is 24.3 Å². The van der Waals surface area contributed by atoms with E-state index in [1.165, 1.54) is 0 Å². The van der Waals surface area contributed by atoms with Gasteiger partial charge in [0.1, 0.15) is 5.75 Å². The Kier molecular flexibility index (Phi) is 2.82. The summed E-state index contributed by atoms with van der Waals surface area (Å²) >= 11 is 0. The third kappa shape index (κ3) is 1.74. The summed E-state index contributed by atoms with van der Waals surface area (Å²) in [5, 5.41) is 0. The zero-order chi connectivity index (χ0) is 11.5. The third-order valence-corrected chi connectivity index (χ3v) is 2.55. The van der Waals surface area contributed by atoms with Crippen molar-refractivity contribution >= 4 is 11.6 Å². The fourth-order valence-electron chi connectivity index (χ4n) is 1.77. The molecule has 16 heavy (non-hydrogen) atoms. The van der Waals surface area contributed by atoms with Crippen LogP contribution in [0.5, 0.6) is 5.75 Å². The molecule has 1 heterocycles. The molecule has 1 aliphatic heterocycles. The number of anilines is 1. The molecule has 1 aromatic rings. The van der Waals surface area contributed by atoms with Gasteiger partial charge in [0.2, 0.25) is 0 Å². The lowest BCUT2D eigenvalue weighted by Crippen LogP contribution is -2.44. The minimum absolute atomic E-state index is 0.0334. The summed E-state index contributed by atoms with van der Waals surface area (Å²) in [6.45, 7) is 2.29. The lowest BCUT2D eigenvalue weighted by Gasteiger charge is -2.32. The number of para-hydroxylation sites is 2. The van der Waals surface area contributed by atoms with E-state index in [9.17, 15) is 4.79 Å². The van der Waals surface area contributed by atoms with Crippen LogP contribution in [0.4, 0.5) is 5.69 Å². The molecule has 2 rings (SSSR count). The van der Waals surface area contributed by atoms with E-state index in [4.69, 9.17) is 11.2 Å². The predicted octanol–water partition coefficient (Wildman–Crippen LogP) is 1.82. The smallest absolute Gasteiger partial charge is 0.267 e. The molecule has 0 fully saturated rings. The van der Waals surface area contributed by atoms with E-state index in [0.717, 1.165) is 11.4 Å². The Balaban J connectivity index is 2.35. The van der Waals surface area contributed by atoms with Gasteiger partial charge in [-0.05, 0) is 19.1 Å².